The molecule has 1 N–H and O–H groups in total. The van der Waals surface area contributed by atoms with Crippen LogP contribution in [0.5, 0.6) is 0 Å². The molecule has 0 radical (unpaired) electrons. The average molecular weight is 239 g/mol. The molecule has 1 nitrogen and oxygen atoms in total. The highest BCUT2D eigenvalue weighted by Crippen LogP contribution is 2.46. The molecule has 0 spiro atoms. The Morgan fingerprint density at radius 1 is 1.12 bits per heavy atom. The predicted molar refractivity (Wildman–Crippen MR) is 77.4 cm³/mol. The van der Waals surface area contributed by atoms with Crippen LogP contribution < -0.4 is 5.32 Å². The Labute approximate surface area is 109 Å². The van der Waals surface area contributed by atoms with E-state index in [1.165, 1.54) is 70.9 Å². The lowest BCUT2D eigenvalue weighted by Gasteiger charge is -2.44. The van der Waals surface area contributed by atoms with Gasteiger partial charge in [0, 0.05) is 6.54 Å². The molecule has 1 saturated carbocycles. The largest absolute Gasteiger partial charge is 0.316 e. The summed E-state index contributed by atoms with van der Waals surface area (Å²) in [6, 6.07) is 0. The van der Waals surface area contributed by atoms with Crippen LogP contribution in [0, 0.1) is 11.3 Å². The van der Waals surface area contributed by atoms with Crippen LogP contribution in [-0.2, 0) is 0 Å². The molecule has 1 aliphatic carbocycles. The van der Waals surface area contributed by atoms with Crippen LogP contribution in [0.2, 0.25) is 0 Å². The Morgan fingerprint density at radius 2 is 1.88 bits per heavy atom. The van der Waals surface area contributed by atoms with Crippen LogP contribution in [0.4, 0.5) is 0 Å². The summed E-state index contributed by atoms with van der Waals surface area (Å²) in [5.74, 6) is 0.985. The van der Waals surface area contributed by atoms with Crippen LogP contribution in [0.3, 0.4) is 0 Å². The van der Waals surface area contributed by atoms with Crippen molar-refractivity contribution in [3.8, 4) is 0 Å². The molecule has 1 heteroatoms. The summed E-state index contributed by atoms with van der Waals surface area (Å²) in [7, 11) is 0. The zero-order valence-electron chi connectivity index (χ0n) is 12.4. The molecule has 0 amide bonds. The van der Waals surface area contributed by atoms with E-state index in [9.17, 15) is 0 Å². The van der Waals surface area contributed by atoms with Gasteiger partial charge in [0.2, 0.25) is 0 Å². The normalized spacial score (nSPS) is 19.9. The lowest BCUT2D eigenvalue weighted by Crippen LogP contribution is -2.41. The molecule has 0 aromatic heterocycles. The van der Waals surface area contributed by atoms with Crippen LogP contribution in [0.15, 0.2) is 0 Å². The van der Waals surface area contributed by atoms with Gasteiger partial charge in [0.15, 0.2) is 0 Å². The first-order valence-electron chi connectivity index (χ1n) is 7.97. The topological polar surface area (TPSA) is 12.0 Å². The van der Waals surface area contributed by atoms with Crippen LogP contribution in [-0.4, -0.2) is 13.1 Å². The maximum Gasteiger partial charge on any atom is 0.000791 e. The second-order valence-electron chi connectivity index (χ2n) is 6.15. The molecule has 0 aromatic carbocycles. The monoisotopic (exact) mass is 239 g/mol. The van der Waals surface area contributed by atoms with Gasteiger partial charge in [-0.25, -0.2) is 0 Å². The molecule has 0 aliphatic heterocycles. The van der Waals surface area contributed by atoms with Gasteiger partial charge in [-0.2, -0.15) is 0 Å². The molecular weight excluding hydrogens is 206 g/mol. The number of hydrogen-bond acceptors (Lipinski definition) is 1. The number of rotatable bonds is 10. The maximum absolute atomic E-state index is 3.66. The van der Waals surface area contributed by atoms with Gasteiger partial charge >= 0.3 is 0 Å². The van der Waals surface area contributed by atoms with E-state index >= 15 is 0 Å². The molecule has 17 heavy (non-hydrogen) atoms. The average Bonchev–Trinajstić information content (AvgIpc) is 2.30. The fourth-order valence-electron chi connectivity index (χ4n) is 3.22. The van der Waals surface area contributed by atoms with Gasteiger partial charge in [-0.3, -0.25) is 0 Å². The minimum absolute atomic E-state index is 0.684. The van der Waals surface area contributed by atoms with Crippen LogP contribution in [0.1, 0.15) is 78.6 Å². The van der Waals surface area contributed by atoms with E-state index in [0.717, 1.165) is 5.92 Å². The second-order valence-corrected chi connectivity index (χ2v) is 6.15. The molecule has 102 valence electrons. The first kappa shape index (κ1) is 15.0. The minimum Gasteiger partial charge on any atom is -0.316 e. The van der Waals surface area contributed by atoms with Gasteiger partial charge in [-0.15, -0.1) is 0 Å². The molecule has 1 rings (SSSR count). The molecule has 0 aromatic rings. The fourth-order valence-corrected chi connectivity index (χ4v) is 3.22. The zero-order chi connectivity index (χ0) is 12.6. The van der Waals surface area contributed by atoms with Crippen LogP contribution in [0.25, 0.3) is 0 Å². The highest BCUT2D eigenvalue weighted by molar-refractivity contribution is 4.91. The Hall–Kier alpha value is -0.0400. The first-order chi connectivity index (χ1) is 8.26. The third kappa shape index (κ3) is 4.99. The Morgan fingerprint density at radius 3 is 2.35 bits per heavy atom. The highest BCUT2D eigenvalue weighted by Gasteiger charge is 2.37. The van der Waals surface area contributed by atoms with Gasteiger partial charge in [0.25, 0.3) is 0 Å². The van der Waals surface area contributed by atoms with Gasteiger partial charge in [0.1, 0.15) is 0 Å². The predicted octanol–water partition coefficient (Wildman–Crippen LogP) is 4.76. The van der Waals surface area contributed by atoms with E-state index in [2.05, 4.69) is 26.1 Å². The molecular formula is C16H33N. The number of unbranched alkanes of at least 4 members (excludes halogenated alkanes) is 1. The van der Waals surface area contributed by atoms with E-state index in [1.54, 1.807) is 0 Å². The van der Waals surface area contributed by atoms with E-state index < -0.39 is 0 Å². The van der Waals surface area contributed by atoms with Gasteiger partial charge in [0.05, 0.1) is 0 Å². The van der Waals surface area contributed by atoms with Crippen molar-refractivity contribution in [1.82, 2.24) is 5.32 Å². The maximum atomic E-state index is 3.66. The summed E-state index contributed by atoms with van der Waals surface area (Å²) in [6.45, 7) is 9.44. The zero-order valence-corrected chi connectivity index (χ0v) is 12.4. The van der Waals surface area contributed by atoms with Crippen molar-refractivity contribution < 1.29 is 0 Å². The summed E-state index contributed by atoms with van der Waals surface area (Å²) in [5, 5.41) is 3.66. The van der Waals surface area contributed by atoms with Crippen molar-refractivity contribution in [2.75, 3.05) is 13.1 Å². The quantitative estimate of drug-likeness (QED) is 0.542. The van der Waals surface area contributed by atoms with Crippen molar-refractivity contribution >= 4 is 0 Å². The Kier molecular flexibility index (Phi) is 7.18. The molecule has 0 bridgehead atoms. The van der Waals surface area contributed by atoms with Gasteiger partial charge in [-0.05, 0) is 43.6 Å². The van der Waals surface area contributed by atoms with Crippen molar-refractivity contribution in [3.05, 3.63) is 0 Å². The van der Waals surface area contributed by atoms with Crippen LogP contribution >= 0.6 is 0 Å². The van der Waals surface area contributed by atoms with E-state index in [4.69, 9.17) is 0 Å². The van der Waals surface area contributed by atoms with Crippen molar-refractivity contribution in [3.63, 3.8) is 0 Å². The fraction of sp³-hybridized carbons (Fsp3) is 1.00. The summed E-state index contributed by atoms with van der Waals surface area (Å²) in [5.41, 5.74) is 0.684. The second kappa shape index (κ2) is 8.13. The minimum atomic E-state index is 0.684. The summed E-state index contributed by atoms with van der Waals surface area (Å²) in [6.07, 6.45) is 12.8. The van der Waals surface area contributed by atoms with Gasteiger partial charge in [-0.1, -0.05) is 52.9 Å². The molecule has 1 atom stereocenters. The van der Waals surface area contributed by atoms with Crippen molar-refractivity contribution in [1.29, 1.82) is 0 Å². The van der Waals surface area contributed by atoms with Crippen molar-refractivity contribution in [2.45, 2.75) is 78.6 Å². The lowest BCUT2D eigenvalue weighted by atomic mass is 9.63. The smallest absolute Gasteiger partial charge is 0.000791 e. The highest BCUT2D eigenvalue weighted by atomic mass is 14.9. The van der Waals surface area contributed by atoms with Gasteiger partial charge < -0.3 is 5.32 Å². The standard InChI is InChI=1S/C16H33N/c1-4-7-9-15(6-3)13-16(10-8-11-16)14-17-12-5-2/h15,17H,4-14H2,1-3H3. The lowest BCUT2D eigenvalue weighted by molar-refractivity contribution is 0.0871. The molecule has 1 aliphatic rings. The van der Waals surface area contributed by atoms with Crippen molar-refractivity contribution in [2.24, 2.45) is 11.3 Å². The van der Waals surface area contributed by atoms with E-state index in [1.807, 2.05) is 0 Å². The van der Waals surface area contributed by atoms with E-state index in [-0.39, 0.29) is 0 Å². The first-order valence-corrected chi connectivity index (χ1v) is 7.97. The summed E-state index contributed by atoms with van der Waals surface area (Å²) < 4.78 is 0. The molecule has 0 saturated heterocycles. The molecule has 0 heterocycles. The Bertz CT molecular complexity index is 184. The molecule has 1 fully saturated rings. The number of nitrogens with one attached hydrogen (secondary N) is 1. The third-order valence-electron chi connectivity index (χ3n) is 4.61. The number of hydrogen-bond donors (Lipinski definition) is 1. The summed E-state index contributed by atoms with van der Waals surface area (Å²) >= 11 is 0. The molecule has 1 unspecified atom stereocenters. The SMILES string of the molecule is CCCCC(CC)CC1(CNCCC)CCC1. The van der Waals surface area contributed by atoms with E-state index in [0.29, 0.717) is 5.41 Å². The Balaban J connectivity index is 2.32. The third-order valence-corrected chi connectivity index (χ3v) is 4.61. The summed E-state index contributed by atoms with van der Waals surface area (Å²) in [4.78, 5) is 0.